The summed E-state index contributed by atoms with van der Waals surface area (Å²) in [7, 11) is 2.03. The van der Waals surface area contributed by atoms with Gasteiger partial charge in [-0.2, -0.15) is 4.98 Å². The van der Waals surface area contributed by atoms with Crippen molar-refractivity contribution in [1.82, 2.24) is 30.1 Å². The van der Waals surface area contributed by atoms with Gasteiger partial charge in [0.15, 0.2) is 5.82 Å². The summed E-state index contributed by atoms with van der Waals surface area (Å²) in [5.41, 5.74) is -0.530. The Kier molecular flexibility index (Phi) is 5.73. The number of rotatable bonds is 4. The van der Waals surface area contributed by atoms with Crippen molar-refractivity contribution in [2.45, 2.75) is 19.0 Å². The molecule has 0 radical (unpaired) electrons. The first kappa shape index (κ1) is 19.3. The number of fused-ring (bicyclic) bond motifs is 1. The van der Waals surface area contributed by atoms with Crippen molar-refractivity contribution in [3.63, 3.8) is 0 Å². The minimum Gasteiger partial charge on any atom is -0.339 e. The van der Waals surface area contributed by atoms with E-state index in [0.717, 1.165) is 19.6 Å². The average molecular weight is 393 g/mol. The first-order valence-corrected chi connectivity index (χ1v) is 8.59. The highest BCUT2D eigenvalue weighted by atomic mass is 35.5. The minimum absolute atomic E-state index is 0. The summed E-state index contributed by atoms with van der Waals surface area (Å²) in [4.78, 5) is 31.3. The van der Waals surface area contributed by atoms with Crippen molar-refractivity contribution in [3.05, 3.63) is 56.7 Å². The van der Waals surface area contributed by atoms with Gasteiger partial charge in [0, 0.05) is 26.1 Å². The van der Waals surface area contributed by atoms with Gasteiger partial charge in [0.05, 0.1) is 23.4 Å². The van der Waals surface area contributed by atoms with E-state index in [2.05, 4.69) is 25.5 Å². The molecule has 0 amide bonds. The van der Waals surface area contributed by atoms with Crippen molar-refractivity contribution in [3.8, 4) is 0 Å². The second-order valence-electron chi connectivity index (χ2n) is 6.44. The van der Waals surface area contributed by atoms with Gasteiger partial charge in [-0.3, -0.25) is 19.6 Å². The fourth-order valence-corrected chi connectivity index (χ4v) is 3.21. The van der Waals surface area contributed by atoms with E-state index >= 15 is 0 Å². The van der Waals surface area contributed by atoms with Gasteiger partial charge in [0.2, 0.25) is 5.89 Å². The van der Waals surface area contributed by atoms with Gasteiger partial charge in [0.1, 0.15) is 0 Å². The van der Waals surface area contributed by atoms with Crippen molar-refractivity contribution >= 4 is 23.2 Å². The lowest BCUT2D eigenvalue weighted by Gasteiger charge is -2.30. The van der Waals surface area contributed by atoms with Crippen LogP contribution in [0, 0.1) is 0 Å². The maximum atomic E-state index is 12.5. The molecule has 1 aliphatic heterocycles. The second-order valence-corrected chi connectivity index (χ2v) is 6.44. The van der Waals surface area contributed by atoms with Crippen molar-refractivity contribution in [1.29, 1.82) is 0 Å². The molecule has 144 valence electrons. The lowest BCUT2D eigenvalue weighted by Crippen LogP contribution is -2.44. The molecule has 1 saturated heterocycles. The third-order valence-corrected chi connectivity index (χ3v) is 4.73. The van der Waals surface area contributed by atoms with E-state index in [-0.39, 0.29) is 36.1 Å². The van der Waals surface area contributed by atoms with Crippen molar-refractivity contribution in [2.75, 3.05) is 26.7 Å². The van der Waals surface area contributed by atoms with Crippen molar-refractivity contribution < 1.29 is 4.52 Å². The van der Waals surface area contributed by atoms with Gasteiger partial charge < -0.3 is 9.84 Å². The highest BCUT2D eigenvalue weighted by Crippen LogP contribution is 2.17. The number of H-pyrrole nitrogens is 1. The summed E-state index contributed by atoms with van der Waals surface area (Å²) in [6.45, 7) is 2.89. The summed E-state index contributed by atoms with van der Waals surface area (Å²) in [6.07, 6.45) is 0.366. The molecule has 10 heteroatoms. The molecule has 0 aliphatic carbocycles. The van der Waals surface area contributed by atoms with E-state index < -0.39 is 0 Å². The van der Waals surface area contributed by atoms with E-state index in [9.17, 15) is 9.59 Å². The zero-order chi connectivity index (χ0) is 18.1. The quantitative estimate of drug-likeness (QED) is 0.657. The topological polar surface area (TPSA) is 109 Å². The Morgan fingerprint density at radius 2 is 2.04 bits per heavy atom. The molecule has 2 aromatic heterocycles. The molecule has 4 rings (SSSR count). The van der Waals surface area contributed by atoms with E-state index in [1.807, 2.05) is 7.05 Å². The Morgan fingerprint density at radius 1 is 1.26 bits per heavy atom. The number of nitrogens with zero attached hydrogens (tertiary/aromatic N) is 4. The number of hydrogen-bond donors (Lipinski definition) is 2. The Hall–Kier alpha value is -2.49. The van der Waals surface area contributed by atoms with Gasteiger partial charge in [-0.25, -0.2) is 4.68 Å². The van der Waals surface area contributed by atoms with Crippen LogP contribution < -0.4 is 16.4 Å². The van der Waals surface area contributed by atoms with Crippen molar-refractivity contribution in [2.24, 2.45) is 0 Å². The lowest BCUT2D eigenvalue weighted by molar-refractivity contribution is 0.190. The van der Waals surface area contributed by atoms with Crippen LogP contribution in [-0.4, -0.2) is 51.5 Å². The molecule has 0 saturated carbocycles. The number of nitrogens with one attached hydrogen (secondary N) is 2. The van der Waals surface area contributed by atoms with Crippen LogP contribution in [-0.2, 0) is 13.0 Å². The maximum absolute atomic E-state index is 12.5. The largest absolute Gasteiger partial charge is 0.339 e. The summed E-state index contributed by atoms with van der Waals surface area (Å²) >= 11 is 0. The van der Waals surface area contributed by atoms with Crippen LogP contribution in [0.25, 0.3) is 10.8 Å². The standard InChI is InChI=1S/C17H20N6O3.ClH/c1-22-9-7-18-10-13(22)15-19-14(26-21-15)6-8-23-17(25)12-5-3-2-4-11(12)16(24)20-23;/h2-5,13,18H,6-10H2,1H3,(H,20,24);1H. The fourth-order valence-electron chi connectivity index (χ4n) is 3.21. The lowest BCUT2D eigenvalue weighted by atomic mass is 10.2. The molecule has 1 aliphatic rings. The number of aromatic nitrogens is 4. The first-order valence-electron chi connectivity index (χ1n) is 8.59. The third-order valence-electron chi connectivity index (χ3n) is 4.73. The van der Waals surface area contributed by atoms with Gasteiger partial charge in [-0.05, 0) is 19.2 Å². The number of halogens is 1. The normalized spacial score (nSPS) is 17.7. The predicted octanol–water partition coefficient (Wildman–Crippen LogP) is 0.313. The number of piperazine rings is 1. The summed E-state index contributed by atoms with van der Waals surface area (Å²) in [5, 5.41) is 10.8. The van der Waals surface area contributed by atoms with Gasteiger partial charge in [-0.15, -0.1) is 12.4 Å². The van der Waals surface area contributed by atoms with Crippen LogP contribution >= 0.6 is 12.4 Å². The smallest absolute Gasteiger partial charge is 0.273 e. The van der Waals surface area contributed by atoms with Gasteiger partial charge >= 0.3 is 0 Å². The molecule has 1 unspecified atom stereocenters. The molecule has 1 atom stereocenters. The average Bonchev–Trinajstić information content (AvgIpc) is 3.13. The molecular formula is C17H21ClN6O3. The number of benzene rings is 1. The molecule has 9 nitrogen and oxygen atoms in total. The molecule has 3 aromatic rings. The number of aromatic amines is 1. The molecular weight excluding hydrogens is 372 g/mol. The van der Waals surface area contributed by atoms with Crippen LogP contribution in [0.4, 0.5) is 0 Å². The van der Waals surface area contributed by atoms with Crippen LogP contribution in [0.3, 0.4) is 0 Å². The first-order chi connectivity index (χ1) is 12.6. The maximum Gasteiger partial charge on any atom is 0.273 e. The summed E-state index contributed by atoms with van der Waals surface area (Å²) in [5.74, 6) is 1.08. The van der Waals surface area contributed by atoms with E-state index in [1.54, 1.807) is 24.3 Å². The highest BCUT2D eigenvalue weighted by molar-refractivity contribution is 5.85. The van der Waals surface area contributed by atoms with Crippen LogP contribution in [0.1, 0.15) is 17.8 Å². The number of hydrogen-bond acceptors (Lipinski definition) is 7. The second kappa shape index (κ2) is 8.03. The summed E-state index contributed by atoms with van der Waals surface area (Å²) in [6, 6.07) is 6.84. The third kappa shape index (κ3) is 3.80. The van der Waals surface area contributed by atoms with Gasteiger partial charge in [0.25, 0.3) is 11.1 Å². The zero-order valence-electron chi connectivity index (χ0n) is 14.8. The van der Waals surface area contributed by atoms with E-state index in [1.165, 1.54) is 4.68 Å². The SMILES string of the molecule is CN1CCNCC1c1noc(CCn2[nH]c(=O)c3ccccc3c2=O)n1.Cl. The molecule has 1 aromatic carbocycles. The number of likely N-dealkylation sites (N-methyl/N-ethyl adjacent to an activating group) is 1. The predicted molar refractivity (Wildman–Crippen MR) is 102 cm³/mol. The minimum atomic E-state index is -0.290. The highest BCUT2D eigenvalue weighted by Gasteiger charge is 2.25. The molecule has 0 bridgehead atoms. The Balaban J connectivity index is 0.00000210. The molecule has 3 heterocycles. The monoisotopic (exact) mass is 392 g/mol. The van der Waals surface area contributed by atoms with E-state index in [4.69, 9.17) is 4.52 Å². The molecule has 27 heavy (non-hydrogen) atoms. The van der Waals surface area contributed by atoms with E-state index in [0.29, 0.717) is 28.9 Å². The Bertz CT molecular complexity index is 1040. The van der Waals surface area contributed by atoms with Crippen LogP contribution in [0.15, 0.2) is 38.4 Å². The zero-order valence-corrected chi connectivity index (χ0v) is 15.7. The molecule has 2 N–H and O–H groups in total. The molecule has 0 spiro atoms. The summed E-state index contributed by atoms with van der Waals surface area (Å²) < 4.78 is 6.62. The fraction of sp³-hybridized carbons (Fsp3) is 0.412. The van der Waals surface area contributed by atoms with Crippen LogP contribution in [0.2, 0.25) is 0 Å². The van der Waals surface area contributed by atoms with Crippen LogP contribution in [0.5, 0.6) is 0 Å². The Morgan fingerprint density at radius 3 is 2.81 bits per heavy atom. The van der Waals surface area contributed by atoms with Gasteiger partial charge in [-0.1, -0.05) is 17.3 Å². The Labute approximate surface area is 160 Å². The molecule has 1 fully saturated rings. The number of aryl methyl sites for hydroxylation is 2.